The summed E-state index contributed by atoms with van der Waals surface area (Å²) in [6, 6.07) is 5.93. The molecular weight excluding hydrogens is 242 g/mol. The Balaban J connectivity index is 1.70. The maximum Gasteiger partial charge on any atom is 0.254 e. The van der Waals surface area contributed by atoms with E-state index < -0.39 is 0 Å². The van der Waals surface area contributed by atoms with Gasteiger partial charge in [-0.25, -0.2) is 0 Å². The second kappa shape index (κ2) is 4.56. The molecule has 96 valence electrons. The molecule has 3 rings (SSSR count). The molecule has 1 amide bonds. The maximum absolute atomic E-state index is 11.9. The van der Waals surface area contributed by atoms with E-state index in [0.29, 0.717) is 12.1 Å². The van der Waals surface area contributed by atoms with Crippen LogP contribution in [0, 0.1) is 0 Å². The number of nitrogens with zero attached hydrogens (tertiary/aromatic N) is 3. The predicted octanol–water partition coefficient (Wildman–Crippen LogP) is 1.23. The van der Waals surface area contributed by atoms with E-state index in [1.54, 1.807) is 30.3 Å². The Morgan fingerprint density at radius 3 is 3.11 bits per heavy atom. The minimum atomic E-state index is -0.127. The van der Waals surface area contributed by atoms with Crippen molar-refractivity contribution in [1.82, 2.24) is 25.3 Å². The third-order valence-corrected chi connectivity index (χ3v) is 2.93. The Kier molecular flexibility index (Phi) is 2.75. The van der Waals surface area contributed by atoms with Crippen LogP contribution >= 0.6 is 0 Å². The molecule has 0 saturated heterocycles. The molecule has 1 aromatic carbocycles. The number of carbonyl (C=O) groups excluding carboxylic acids is 1. The first kappa shape index (κ1) is 11.5. The highest BCUT2D eigenvalue weighted by Gasteiger charge is 2.07. The molecule has 0 aliphatic rings. The molecule has 0 unspecified atom stereocenters. The van der Waals surface area contributed by atoms with E-state index in [4.69, 9.17) is 0 Å². The minimum Gasteiger partial charge on any atom is -0.348 e. The summed E-state index contributed by atoms with van der Waals surface area (Å²) in [7, 11) is 1.78. The molecule has 2 N–H and O–H groups in total. The molecule has 0 aliphatic heterocycles. The van der Waals surface area contributed by atoms with Gasteiger partial charge < -0.3 is 5.32 Å². The topological polar surface area (TPSA) is 75.6 Å². The average Bonchev–Trinajstić information content (AvgIpc) is 3.03. The zero-order valence-corrected chi connectivity index (χ0v) is 10.4. The van der Waals surface area contributed by atoms with E-state index in [2.05, 4.69) is 20.6 Å². The zero-order chi connectivity index (χ0) is 13.2. The maximum atomic E-state index is 11.9. The van der Waals surface area contributed by atoms with Gasteiger partial charge in [-0.15, -0.1) is 0 Å². The summed E-state index contributed by atoms with van der Waals surface area (Å²) in [5.41, 5.74) is 2.55. The van der Waals surface area contributed by atoms with Crippen molar-refractivity contribution in [2.45, 2.75) is 6.54 Å². The van der Waals surface area contributed by atoms with Gasteiger partial charge in [0.2, 0.25) is 0 Å². The number of benzene rings is 1. The van der Waals surface area contributed by atoms with E-state index in [-0.39, 0.29) is 5.91 Å². The average molecular weight is 255 g/mol. The Bertz CT molecular complexity index is 727. The van der Waals surface area contributed by atoms with Gasteiger partial charge >= 0.3 is 0 Å². The highest BCUT2D eigenvalue weighted by atomic mass is 16.1. The van der Waals surface area contributed by atoms with Crippen molar-refractivity contribution in [1.29, 1.82) is 0 Å². The van der Waals surface area contributed by atoms with Crippen LogP contribution in [0.5, 0.6) is 0 Å². The molecule has 0 fully saturated rings. The third-order valence-electron chi connectivity index (χ3n) is 2.93. The van der Waals surface area contributed by atoms with Gasteiger partial charge in [-0.2, -0.15) is 10.2 Å². The van der Waals surface area contributed by atoms with Gasteiger partial charge in [-0.3, -0.25) is 14.6 Å². The summed E-state index contributed by atoms with van der Waals surface area (Å²) >= 11 is 0. The fraction of sp³-hybridized carbons (Fsp3) is 0.154. The lowest BCUT2D eigenvalue weighted by molar-refractivity contribution is 0.0951. The van der Waals surface area contributed by atoms with Crippen molar-refractivity contribution in [3.8, 4) is 0 Å². The highest BCUT2D eigenvalue weighted by molar-refractivity contribution is 5.93. The van der Waals surface area contributed by atoms with Gasteiger partial charge in [0.25, 0.3) is 5.91 Å². The van der Waals surface area contributed by atoms with E-state index in [1.165, 1.54) is 0 Å². The van der Waals surface area contributed by atoms with Gasteiger partial charge in [0.1, 0.15) is 0 Å². The predicted molar refractivity (Wildman–Crippen MR) is 70.5 cm³/mol. The molecule has 0 aliphatic carbocycles. The van der Waals surface area contributed by atoms with Gasteiger partial charge in [0, 0.05) is 25.2 Å². The van der Waals surface area contributed by atoms with Gasteiger partial charge in [-0.1, -0.05) is 12.1 Å². The van der Waals surface area contributed by atoms with Crippen molar-refractivity contribution in [2.24, 2.45) is 7.05 Å². The first-order chi connectivity index (χ1) is 9.22. The fourth-order valence-corrected chi connectivity index (χ4v) is 1.92. The molecule has 3 aromatic rings. The number of hydrogen-bond acceptors (Lipinski definition) is 3. The van der Waals surface area contributed by atoms with Gasteiger partial charge in [0.15, 0.2) is 0 Å². The number of aromatic nitrogens is 4. The Morgan fingerprint density at radius 2 is 2.32 bits per heavy atom. The third kappa shape index (κ3) is 2.33. The number of carbonyl (C=O) groups is 1. The molecule has 0 saturated carbocycles. The first-order valence-electron chi connectivity index (χ1n) is 5.91. The van der Waals surface area contributed by atoms with Crippen LogP contribution in [0.15, 0.2) is 36.8 Å². The Morgan fingerprint density at radius 1 is 1.42 bits per heavy atom. The quantitative estimate of drug-likeness (QED) is 0.739. The number of amides is 1. The number of fused-ring (bicyclic) bond motifs is 1. The van der Waals surface area contributed by atoms with Crippen LogP contribution in [0.4, 0.5) is 0 Å². The van der Waals surface area contributed by atoms with Crippen LogP contribution in [0.3, 0.4) is 0 Å². The Labute approximate surface area is 109 Å². The van der Waals surface area contributed by atoms with Crippen LogP contribution in [0.2, 0.25) is 0 Å². The van der Waals surface area contributed by atoms with Crippen LogP contribution in [-0.4, -0.2) is 25.9 Å². The van der Waals surface area contributed by atoms with E-state index in [1.807, 2.05) is 18.2 Å². The lowest BCUT2D eigenvalue weighted by Crippen LogP contribution is -2.22. The number of hydrogen-bond donors (Lipinski definition) is 2. The minimum absolute atomic E-state index is 0.127. The molecule has 2 aromatic heterocycles. The monoisotopic (exact) mass is 255 g/mol. The summed E-state index contributed by atoms with van der Waals surface area (Å²) in [6.45, 7) is 0.475. The number of H-pyrrole nitrogens is 1. The van der Waals surface area contributed by atoms with Crippen LogP contribution < -0.4 is 5.32 Å². The summed E-state index contributed by atoms with van der Waals surface area (Å²) in [5, 5.41) is 14.8. The molecule has 0 bridgehead atoms. The van der Waals surface area contributed by atoms with E-state index in [0.717, 1.165) is 16.5 Å². The van der Waals surface area contributed by atoms with Crippen molar-refractivity contribution < 1.29 is 4.79 Å². The van der Waals surface area contributed by atoms with Crippen LogP contribution in [0.1, 0.15) is 15.9 Å². The SMILES string of the molecule is Cn1cc(C(=O)NCc2ccc3cn[nH]c3c2)cn1. The second-order valence-corrected chi connectivity index (χ2v) is 4.38. The van der Waals surface area contributed by atoms with E-state index in [9.17, 15) is 4.79 Å². The summed E-state index contributed by atoms with van der Waals surface area (Å²) in [4.78, 5) is 11.9. The molecule has 2 heterocycles. The number of nitrogens with one attached hydrogen (secondary N) is 2. The highest BCUT2D eigenvalue weighted by Crippen LogP contribution is 2.12. The number of aryl methyl sites for hydroxylation is 1. The second-order valence-electron chi connectivity index (χ2n) is 4.38. The fourth-order valence-electron chi connectivity index (χ4n) is 1.92. The normalized spacial score (nSPS) is 10.8. The van der Waals surface area contributed by atoms with Crippen LogP contribution in [-0.2, 0) is 13.6 Å². The van der Waals surface area contributed by atoms with Crippen LogP contribution in [0.25, 0.3) is 10.9 Å². The van der Waals surface area contributed by atoms with Gasteiger partial charge in [-0.05, 0) is 11.6 Å². The molecule has 0 atom stereocenters. The molecule has 0 spiro atoms. The Hall–Kier alpha value is -2.63. The lowest BCUT2D eigenvalue weighted by Gasteiger charge is -2.03. The van der Waals surface area contributed by atoms with Crippen molar-refractivity contribution in [3.05, 3.63) is 47.9 Å². The summed E-state index contributed by atoms with van der Waals surface area (Å²) in [5.74, 6) is -0.127. The van der Waals surface area contributed by atoms with E-state index >= 15 is 0 Å². The molecular formula is C13H13N5O. The molecule has 6 nitrogen and oxygen atoms in total. The smallest absolute Gasteiger partial charge is 0.254 e. The lowest BCUT2D eigenvalue weighted by atomic mass is 10.1. The number of aromatic amines is 1. The zero-order valence-electron chi connectivity index (χ0n) is 10.4. The molecule has 0 radical (unpaired) electrons. The summed E-state index contributed by atoms with van der Waals surface area (Å²) < 4.78 is 1.60. The standard InChI is InChI=1S/C13H13N5O/c1-18-8-11(7-16-18)13(19)14-5-9-2-3-10-6-15-17-12(10)4-9/h2-4,6-8H,5H2,1H3,(H,14,19)(H,15,17). The first-order valence-corrected chi connectivity index (χ1v) is 5.91. The molecule has 19 heavy (non-hydrogen) atoms. The largest absolute Gasteiger partial charge is 0.348 e. The molecule has 6 heteroatoms. The number of rotatable bonds is 3. The van der Waals surface area contributed by atoms with Crippen molar-refractivity contribution in [3.63, 3.8) is 0 Å². The van der Waals surface area contributed by atoms with Crippen molar-refractivity contribution in [2.75, 3.05) is 0 Å². The summed E-state index contributed by atoms with van der Waals surface area (Å²) in [6.07, 6.45) is 5.01. The van der Waals surface area contributed by atoms with Gasteiger partial charge in [0.05, 0.1) is 23.5 Å². The van der Waals surface area contributed by atoms with Crippen molar-refractivity contribution >= 4 is 16.8 Å².